The highest BCUT2D eigenvalue weighted by molar-refractivity contribution is 6.26. The molecule has 0 aliphatic carbocycles. The summed E-state index contributed by atoms with van der Waals surface area (Å²) in [5, 5.41) is 23.5. The van der Waals surface area contributed by atoms with Gasteiger partial charge in [0.1, 0.15) is 0 Å². The maximum absolute atomic E-state index is 9.36. The lowest BCUT2D eigenvalue weighted by molar-refractivity contribution is 1.18. The number of benzene rings is 6. The van der Waals surface area contributed by atoms with Gasteiger partial charge in [0.25, 0.3) is 0 Å². The van der Waals surface area contributed by atoms with Crippen LogP contribution in [0.1, 0.15) is 11.1 Å². The Labute approximate surface area is 219 Å². The molecular formula is C34H20N4. The number of para-hydroxylation sites is 1. The van der Waals surface area contributed by atoms with Crippen LogP contribution >= 0.6 is 0 Å². The maximum atomic E-state index is 9.36. The molecule has 7 aromatic rings. The van der Waals surface area contributed by atoms with E-state index in [2.05, 4.69) is 88.3 Å². The average Bonchev–Trinajstić information content (AvgIpc) is 3.33. The van der Waals surface area contributed by atoms with Gasteiger partial charge in [-0.3, -0.25) is 0 Å². The number of nitrogens with zero attached hydrogens (tertiary/aromatic N) is 4. The summed E-state index contributed by atoms with van der Waals surface area (Å²) in [5.74, 6) is 0. The van der Waals surface area contributed by atoms with Crippen LogP contribution in [0.25, 0.3) is 38.3 Å². The van der Waals surface area contributed by atoms with Crippen molar-refractivity contribution < 1.29 is 0 Å². The van der Waals surface area contributed by atoms with E-state index in [-0.39, 0.29) is 0 Å². The van der Waals surface area contributed by atoms with E-state index >= 15 is 0 Å². The third-order valence-electron chi connectivity index (χ3n) is 7.20. The molecule has 0 radical (unpaired) electrons. The quantitative estimate of drug-likeness (QED) is 0.235. The molecule has 0 saturated heterocycles. The van der Waals surface area contributed by atoms with Crippen LogP contribution in [0.2, 0.25) is 0 Å². The molecular weight excluding hydrogens is 464 g/mol. The molecule has 0 unspecified atom stereocenters. The van der Waals surface area contributed by atoms with E-state index in [1.54, 1.807) is 0 Å². The van der Waals surface area contributed by atoms with Gasteiger partial charge in [-0.15, -0.1) is 0 Å². The summed E-state index contributed by atoms with van der Waals surface area (Å²) < 4.78 is 2.34. The standard InChI is InChI=1S/C34H20N4/c35-21-23-9-14-27(15-10-23)37(28-16-11-24(22-36)12-17-28)30-19-20-32-34-29(30)18-13-25-5-4-8-31(33(25)34)38(32)26-6-2-1-3-7-26/h1-20H. The Hall–Kier alpha value is -5.58. The molecule has 4 nitrogen and oxygen atoms in total. The Morgan fingerprint density at radius 1 is 0.526 bits per heavy atom. The van der Waals surface area contributed by atoms with Gasteiger partial charge >= 0.3 is 0 Å². The normalized spacial score (nSPS) is 11.1. The van der Waals surface area contributed by atoms with Crippen molar-refractivity contribution in [2.45, 2.75) is 0 Å². The number of hydrogen-bond acceptors (Lipinski definition) is 3. The Morgan fingerprint density at radius 2 is 1.16 bits per heavy atom. The summed E-state index contributed by atoms with van der Waals surface area (Å²) in [4.78, 5) is 2.20. The van der Waals surface area contributed by atoms with Crippen molar-refractivity contribution in [3.05, 3.63) is 132 Å². The van der Waals surface area contributed by atoms with Gasteiger partial charge in [-0.2, -0.15) is 10.5 Å². The minimum absolute atomic E-state index is 0.612. The molecule has 0 saturated carbocycles. The number of rotatable bonds is 4. The molecule has 0 spiro atoms. The Bertz CT molecular complexity index is 1960. The van der Waals surface area contributed by atoms with Crippen LogP contribution in [0.4, 0.5) is 17.1 Å². The first-order chi connectivity index (χ1) is 18.8. The van der Waals surface area contributed by atoms with Gasteiger partial charge in [0.2, 0.25) is 0 Å². The molecule has 176 valence electrons. The number of nitriles is 2. The molecule has 0 atom stereocenters. The second-order valence-corrected chi connectivity index (χ2v) is 9.29. The highest BCUT2D eigenvalue weighted by atomic mass is 15.1. The predicted octanol–water partition coefficient (Wildman–Crippen LogP) is 8.59. The smallest absolute Gasteiger partial charge is 0.0991 e. The molecule has 0 aliphatic rings. The van der Waals surface area contributed by atoms with Crippen LogP contribution < -0.4 is 4.90 Å². The van der Waals surface area contributed by atoms with Crippen molar-refractivity contribution in [3.8, 4) is 17.8 Å². The maximum Gasteiger partial charge on any atom is 0.0991 e. The molecule has 4 heteroatoms. The van der Waals surface area contributed by atoms with Crippen LogP contribution in [-0.2, 0) is 0 Å². The molecule has 38 heavy (non-hydrogen) atoms. The van der Waals surface area contributed by atoms with Gasteiger partial charge in [0.05, 0.1) is 40.0 Å². The molecule has 0 fully saturated rings. The molecule has 0 N–H and O–H groups in total. The van der Waals surface area contributed by atoms with E-state index in [0.29, 0.717) is 11.1 Å². The van der Waals surface area contributed by atoms with Gasteiger partial charge in [-0.05, 0) is 84.2 Å². The first-order valence-corrected chi connectivity index (χ1v) is 12.4. The molecule has 0 amide bonds. The van der Waals surface area contributed by atoms with Crippen LogP contribution in [0, 0.1) is 22.7 Å². The van der Waals surface area contributed by atoms with E-state index in [9.17, 15) is 10.5 Å². The lowest BCUT2D eigenvalue weighted by atomic mass is 9.99. The summed E-state index contributed by atoms with van der Waals surface area (Å²) in [6, 6.07) is 45.4. The van der Waals surface area contributed by atoms with Crippen molar-refractivity contribution >= 4 is 49.6 Å². The van der Waals surface area contributed by atoms with E-state index in [1.807, 2.05) is 54.6 Å². The number of hydrogen-bond donors (Lipinski definition) is 0. The lowest BCUT2D eigenvalue weighted by Gasteiger charge is -2.27. The molecule has 7 rings (SSSR count). The second-order valence-electron chi connectivity index (χ2n) is 9.29. The van der Waals surface area contributed by atoms with Crippen molar-refractivity contribution in [2.24, 2.45) is 0 Å². The third kappa shape index (κ3) is 3.22. The van der Waals surface area contributed by atoms with Crippen molar-refractivity contribution in [3.63, 3.8) is 0 Å². The minimum atomic E-state index is 0.612. The van der Waals surface area contributed by atoms with Crippen LogP contribution in [0.15, 0.2) is 121 Å². The lowest BCUT2D eigenvalue weighted by Crippen LogP contribution is -2.10. The molecule has 6 aromatic carbocycles. The fourth-order valence-corrected chi connectivity index (χ4v) is 5.52. The zero-order valence-electron chi connectivity index (χ0n) is 20.3. The van der Waals surface area contributed by atoms with Crippen LogP contribution in [0.3, 0.4) is 0 Å². The second kappa shape index (κ2) is 8.52. The van der Waals surface area contributed by atoms with Gasteiger partial charge in [0.15, 0.2) is 0 Å². The Morgan fingerprint density at radius 3 is 1.79 bits per heavy atom. The van der Waals surface area contributed by atoms with Gasteiger partial charge in [-0.25, -0.2) is 0 Å². The zero-order chi connectivity index (χ0) is 25.6. The van der Waals surface area contributed by atoms with Gasteiger partial charge in [-0.1, -0.05) is 42.5 Å². The van der Waals surface area contributed by atoms with Crippen LogP contribution in [0.5, 0.6) is 0 Å². The van der Waals surface area contributed by atoms with Gasteiger partial charge < -0.3 is 9.47 Å². The van der Waals surface area contributed by atoms with E-state index in [1.165, 1.54) is 21.7 Å². The van der Waals surface area contributed by atoms with Gasteiger partial charge in [0, 0.05) is 33.2 Å². The molecule has 1 heterocycles. The topological polar surface area (TPSA) is 55.8 Å². The molecule has 0 aliphatic heterocycles. The first-order valence-electron chi connectivity index (χ1n) is 12.4. The monoisotopic (exact) mass is 484 g/mol. The SMILES string of the molecule is N#Cc1ccc(N(c2ccc(C#N)cc2)c2ccc3c4c2ccc2cccc(c24)n3-c2ccccc2)cc1. The Kier molecular flexibility index (Phi) is 4.86. The van der Waals surface area contributed by atoms with Crippen molar-refractivity contribution in [2.75, 3.05) is 4.90 Å². The minimum Gasteiger partial charge on any atom is -0.310 e. The molecule has 1 aromatic heterocycles. The number of anilines is 3. The van der Waals surface area contributed by atoms with Crippen molar-refractivity contribution in [1.29, 1.82) is 10.5 Å². The van der Waals surface area contributed by atoms with E-state index < -0.39 is 0 Å². The Balaban J connectivity index is 1.55. The van der Waals surface area contributed by atoms with E-state index in [4.69, 9.17) is 0 Å². The highest BCUT2D eigenvalue weighted by Gasteiger charge is 2.22. The fourth-order valence-electron chi connectivity index (χ4n) is 5.52. The third-order valence-corrected chi connectivity index (χ3v) is 7.20. The van der Waals surface area contributed by atoms with Crippen LogP contribution in [-0.4, -0.2) is 4.57 Å². The van der Waals surface area contributed by atoms with Crippen molar-refractivity contribution in [1.82, 2.24) is 4.57 Å². The van der Waals surface area contributed by atoms with E-state index in [0.717, 1.165) is 33.7 Å². The molecule has 0 bridgehead atoms. The summed E-state index contributed by atoms with van der Waals surface area (Å²) in [6.07, 6.45) is 0. The largest absolute Gasteiger partial charge is 0.310 e. The zero-order valence-corrected chi connectivity index (χ0v) is 20.3. The average molecular weight is 485 g/mol. The number of aromatic nitrogens is 1. The fraction of sp³-hybridized carbons (Fsp3) is 0. The highest BCUT2D eigenvalue weighted by Crippen LogP contribution is 2.45. The summed E-state index contributed by atoms with van der Waals surface area (Å²) in [7, 11) is 0. The summed E-state index contributed by atoms with van der Waals surface area (Å²) >= 11 is 0. The predicted molar refractivity (Wildman–Crippen MR) is 154 cm³/mol. The summed E-state index contributed by atoms with van der Waals surface area (Å²) in [6.45, 7) is 0. The summed E-state index contributed by atoms with van der Waals surface area (Å²) in [5.41, 5.74) is 7.59. The first kappa shape index (κ1) is 21.7.